The van der Waals surface area contributed by atoms with E-state index in [1.165, 1.54) is 85.0 Å². The number of imidazole rings is 1. The molecule has 13 rings (SSSR count). The van der Waals surface area contributed by atoms with Crippen LogP contribution in [0.1, 0.15) is 142 Å². The number of aromatic amines is 3. The third-order valence-electron chi connectivity index (χ3n) is 19.1. The molecule has 3 fully saturated rings. The van der Waals surface area contributed by atoms with Crippen molar-refractivity contribution in [3.63, 3.8) is 0 Å². The zero-order valence-electron chi connectivity index (χ0n) is 59.8. The first-order valence-corrected chi connectivity index (χ1v) is 35.3. The summed E-state index contributed by atoms with van der Waals surface area (Å²) in [5, 5.41) is 23.2. The van der Waals surface area contributed by atoms with Crippen LogP contribution in [0.2, 0.25) is 0 Å². The number of benzene rings is 6. The van der Waals surface area contributed by atoms with E-state index in [9.17, 15) is 37.1 Å². The molecule has 0 saturated carbocycles. The van der Waals surface area contributed by atoms with Crippen molar-refractivity contribution < 1.29 is 22.8 Å². The molecule has 103 heavy (non-hydrogen) atoms. The van der Waals surface area contributed by atoms with Crippen molar-refractivity contribution in [1.29, 1.82) is 0 Å². The van der Waals surface area contributed by atoms with E-state index in [0.717, 1.165) is 70.5 Å². The minimum atomic E-state index is -0.623. The van der Waals surface area contributed by atoms with Crippen LogP contribution in [0.3, 0.4) is 0 Å². The fraction of sp³-hybridized carbons (Fsp3) is 0.372. The number of hydrogen-bond donors (Lipinski definition) is 5. The Bertz CT molecular complexity index is 4630. The largest absolute Gasteiger partial charge is 0.346 e. The molecule has 0 spiro atoms. The summed E-state index contributed by atoms with van der Waals surface area (Å²) in [6.45, 7) is 29.9. The number of H-pyrrole nitrogens is 3. The van der Waals surface area contributed by atoms with Gasteiger partial charge in [-0.25, -0.2) is 22.7 Å². The van der Waals surface area contributed by atoms with E-state index >= 15 is 0 Å². The van der Waals surface area contributed by atoms with Gasteiger partial charge in [-0.2, -0.15) is 5.10 Å². The first kappa shape index (κ1) is 77.5. The molecular formula is C78H92ClF3N16O5. The Labute approximate surface area is 603 Å². The van der Waals surface area contributed by atoms with Crippen LogP contribution in [-0.4, -0.2) is 140 Å². The molecule has 6 unspecified atom stereocenters. The first-order chi connectivity index (χ1) is 49.5. The van der Waals surface area contributed by atoms with Gasteiger partial charge in [0.2, 0.25) is 0 Å². The highest BCUT2D eigenvalue weighted by molar-refractivity contribution is 6.67. The maximum atomic E-state index is 13.9. The number of amides is 1. The Hall–Kier alpha value is -9.69. The molecule has 6 atom stereocenters. The Morgan fingerprint density at radius 1 is 0.534 bits per heavy atom. The van der Waals surface area contributed by atoms with Crippen LogP contribution in [0, 0.1) is 56.0 Å². The van der Waals surface area contributed by atoms with Gasteiger partial charge in [0, 0.05) is 99.9 Å². The molecule has 3 aliphatic rings. The number of nitrogens with two attached hydrogens (primary N) is 1. The van der Waals surface area contributed by atoms with E-state index in [4.69, 9.17) is 22.4 Å². The zero-order valence-corrected chi connectivity index (χ0v) is 60.6. The lowest BCUT2D eigenvalue weighted by atomic mass is 9.97. The van der Waals surface area contributed by atoms with Crippen LogP contribution in [0.25, 0.3) is 16.9 Å². The molecule has 4 aromatic heterocycles. The number of rotatable bonds is 18. The molecule has 6 N–H and O–H groups in total. The molecular weight excluding hydrogens is 1330 g/mol. The van der Waals surface area contributed by atoms with Gasteiger partial charge in [-0.1, -0.05) is 151 Å². The topological polar surface area (TPSA) is 265 Å². The Kier molecular flexibility index (Phi) is 27.8. The van der Waals surface area contributed by atoms with Crippen LogP contribution in [0.15, 0.2) is 166 Å². The summed E-state index contributed by atoms with van der Waals surface area (Å²) in [5.41, 5.74) is 12.5. The number of fused-ring (bicyclic) bond motifs is 1. The second-order valence-electron chi connectivity index (χ2n) is 26.6. The van der Waals surface area contributed by atoms with Crippen LogP contribution in [0.4, 0.5) is 13.2 Å². The van der Waals surface area contributed by atoms with Crippen LogP contribution < -0.4 is 27.7 Å². The minimum absolute atomic E-state index is 0.0810. The molecule has 6 aromatic carbocycles. The zero-order chi connectivity index (χ0) is 73.9. The fourth-order valence-corrected chi connectivity index (χ4v) is 13.4. The summed E-state index contributed by atoms with van der Waals surface area (Å²) in [6.07, 6.45) is 1.50. The maximum Gasteiger partial charge on any atom is 0.276 e. The normalized spacial score (nSPS) is 18.0. The molecule has 0 aliphatic carbocycles. The lowest BCUT2D eigenvalue weighted by Crippen LogP contribution is -2.30. The van der Waals surface area contributed by atoms with E-state index in [-0.39, 0.29) is 75.9 Å². The van der Waals surface area contributed by atoms with Crippen molar-refractivity contribution in [2.45, 2.75) is 113 Å². The van der Waals surface area contributed by atoms with Gasteiger partial charge in [0.1, 0.15) is 46.3 Å². The molecule has 0 radical (unpaired) electrons. The quantitative estimate of drug-likeness (QED) is 0.0500. The second-order valence-corrected chi connectivity index (χ2v) is 27.0. The van der Waals surface area contributed by atoms with Gasteiger partial charge in [-0.3, -0.25) is 38.7 Å². The molecule has 10 aromatic rings. The summed E-state index contributed by atoms with van der Waals surface area (Å²) < 4.78 is 41.4. The van der Waals surface area contributed by atoms with Gasteiger partial charge in [-0.15, -0.1) is 20.4 Å². The average Bonchev–Trinajstić information content (AvgIpc) is 1.64. The van der Waals surface area contributed by atoms with Crippen LogP contribution in [0.5, 0.6) is 0 Å². The number of halogens is 4. The monoisotopic (exact) mass is 1420 g/mol. The maximum absolute atomic E-state index is 13.9. The summed E-state index contributed by atoms with van der Waals surface area (Å²) in [7, 11) is 0. The van der Waals surface area contributed by atoms with E-state index in [0.29, 0.717) is 63.3 Å². The number of nitrogens with zero attached hydrogens (tertiary/aromatic N) is 11. The molecule has 542 valence electrons. The van der Waals surface area contributed by atoms with Crippen LogP contribution in [-0.2, 0) is 32.7 Å². The van der Waals surface area contributed by atoms with E-state index < -0.39 is 22.8 Å². The standard InChI is InChI=1S/C24H26FN5O2.C24H24FN5O.C16H21N5O.C8H6ClFO.C6H15N/c1-15-8-9-18(25)10-19(15)23(31)26-11-21-24(32)27-22(29-28-21)20-14-30(12-16(20)2)13-17-6-4-3-5-7-17;1-15-8-9-18(25)10-19(15)23-26-11-21-24(31)27-22(28-30(21)23)20-14-29(12-16(20)2)13-17-6-4-3-5-7-17;1-11-8-21(9-12-5-3-2-4-6-12)10-13(11)15-18-16(22)14(7-17)19-20-15;1-5-2-3-6(10)4-7(5)8(9)11;1-4-7(5-2)6-3/h3-10,16,20H,11-14H2,1-2H3,(H,26,31)(H,27,29,32);3-11,16,20H,12-14H2,1-2H3,(H,27,28,31);2-6,11,13H,7-10,17H2,1H3,(H,18,20,22);2-4H,1H3;4-6H2,1-3H3. The van der Waals surface area contributed by atoms with Gasteiger partial charge >= 0.3 is 0 Å². The molecule has 0 bridgehead atoms. The number of aromatic nitrogens is 10. The highest BCUT2D eigenvalue weighted by Crippen LogP contribution is 2.34. The number of hydrogen-bond acceptors (Lipinski definition) is 16. The molecule has 1 amide bonds. The third kappa shape index (κ3) is 21.0. The van der Waals surface area contributed by atoms with Crippen molar-refractivity contribution in [1.82, 2.24) is 74.9 Å². The van der Waals surface area contributed by atoms with Crippen molar-refractivity contribution in [3.05, 3.63) is 274 Å². The predicted octanol–water partition coefficient (Wildman–Crippen LogP) is 11.3. The number of carbonyl (C=O) groups is 2. The number of likely N-dealkylation sites (tertiary alicyclic amines) is 3. The van der Waals surface area contributed by atoms with Crippen molar-refractivity contribution in [2.24, 2.45) is 23.5 Å². The lowest BCUT2D eigenvalue weighted by molar-refractivity contribution is 0.0948. The highest BCUT2D eigenvalue weighted by atomic mass is 35.5. The number of aryl methyl sites for hydroxylation is 3. The van der Waals surface area contributed by atoms with E-state index in [1.54, 1.807) is 24.4 Å². The summed E-state index contributed by atoms with van der Waals surface area (Å²) in [6, 6.07) is 43.6. The van der Waals surface area contributed by atoms with Gasteiger partial charge in [0.15, 0.2) is 11.3 Å². The van der Waals surface area contributed by atoms with Gasteiger partial charge in [0.25, 0.3) is 27.8 Å². The minimum Gasteiger partial charge on any atom is -0.346 e. The van der Waals surface area contributed by atoms with Gasteiger partial charge in [0.05, 0.1) is 12.7 Å². The number of nitrogens with one attached hydrogen (secondary N) is 4. The average molecular weight is 1430 g/mol. The highest BCUT2D eigenvalue weighted by Gasteiger charge is 2.36. The fourth-order valence-electron chi connectivity index (χ4n) is 13.2. The third-order valence-corrected chi connectivity index (χ3v) is 19.3. The first-order valence-electron chi connectivity index (χ1n) is 34.9. The van der Waals surface area contributed by atoms with E-state index in [1.807, 2.05) is 49.4 Å². The second kappa shape index (κ2) is 37.0. The lowest BCUT2D eigenvalue weighted by Gasteiger charge is -2.16. The Morgan fingerprint density at radius 2 is 0.942 bits per heavy atom. The van der Waals surface area contributed by atoms with Crippen LogP contribution >= 0.6 is 11.6 Å². The molecule has 3 aliphatic heterocycles. The van der Waals surface area contributed by atoms with Crippen molar-refractivity contribution in [3.8, 4) is 11.4 Å². The van der Waals surface area contributed by atoms with Gasteiger partial charge in [-0.05, 0) is 140 Å². The molecule has 21 nitrogen and oxygen atoms in total. The number of carbonyl (C=O) groups excluding carboxylic acids is 2. The summed E-state index contributed by atoms with van der Waals surface area (Å²) in [5.74, 6) is 2.10. The van der Waals surface area contributed by atoms with Crippen molar-refractivity contribution in [2.75, 3.05) is 58.9 Å². The summed E-state index contributed by atoms with van der Waals surface area (Å²) >= 11 is 5.17. The SMILES string of the molecule is CC1CN(Cc2ccccc2)CC1c1nnc(CN)c(=O)[nH]1.CCN(CC)CC.Cc1ccc(F)cc1-c1ncc2c(=O)[nH]c(C3CN(Cc4ccccc4)CC3C)nn12.Cc1ccc(F)cc1C(=O)Cl.Cc1ccc(F)cc1C(=O)NCc1nnc(C2CN(Cc3ccccc3)CC2C)[nH]c1=O. The smallest absolute Gasteiger partial charge is 0.276 e. The molecule has 7 heterocycles. The Morgan fingerprint density at radius 3 is 1.36 bits per heavy atom. The van der Waals surface area contributed by atoms with E-state index in [2.05, 4.69) is 155 Å². The molecule has 3 saturated heterocycles. The summed E-state index contributed by atoms with van der Waals surface area (Å²) in [4.78, 5) is 82.7. The molecule has 25 heteroatoms. The Balaban J connectivity index is 0.000000162. The predicted molar refractivity (Wildman–Crippen MR) is 395 cm³/mol. The van der Waals surface area contributed by atoms with Crippen molar-refractivity contribution >= 4 is 28.3 Å². The van der Waals surface area contributed by atoms with Gasteiger partial charge < -0.3 is 30.9 Å².